The van der Waals surface area contributed by atoms with Gasteiger partial charge >= 0.3 is 0 Å². The Kier molecular flexibility index (Phi) is 7.44. The van der Waals surface area contributed by atoms with Crippen molar-refractivity contribution in [1.82, 2.24) is 0 Å². The van der Waals surface area contributed by atoms with E-state index in [1.165, 1.54) is 11.0 Å². The predicted octanol–water partition coefficient (Wildman–Crippen LogP) is 7.66. The number of imide groups is 1. The average molecular weight is 663 g/mol. The number of Topliss-reactive ketones (excluding diaryl/α,β-unsaturated/α-hetero) is 1. The maximum atomic E-state index is 14.4. The molecule has 1 N–H and O–H groups in total. The van der Waals surface area contributed by atoms with Gasteiger partial charge in [-0.2, -0.15) is 10.2 Å². The minimum atomic E-state index is -0.693. The maximum absolute atomic E-state index is 14.4. The molecule has 3 aliphatic carbocycles. The Bertz CT molecular complexity index is 2260. The maximum Gasteiger partial charge on any atom is 0.238 e. The second kappa shape index (κ2) is 11.9. The summed E-state index contributed by atoms with van der Waals surface area (Å²) < 4.78 is 0. The van der Waals surface area contributed by atoms with Crippen LogP contribution in [0.3, 0.4) is 0 Å². The molecule has 4 aliphatic rings. The number of phenols is 1. The molecule has 0 radical (unpaired) electrons. The number of anilines is 2. The van der Waals surface area contributed by atoms with Crippen LogP contribution >= 0.6 is 0 Å². The summed E-state index contributed by atoms with van der Waals surface area (Å²) in [5.41, 5.74) is 5.61. The summed E-state index contributed by atoms with van der Waals surface area (Å²) in [7, 11) is 3.93. The number of nitrogens with zero attached hydrogens (tertiary/aromatic N) is 4. The first-order chi connectivity index (χ1) is 24.1. The van der Waals surface area contributed by atoms with Gasteiger partial charge in [0.05, 0.1) is 28.9 Å². The molecular formula is C41H34N4O5. The Morgan fingerprint density at radius 1 is 0.780 bits per heavy atom. The molecule has 1 saturated heterocycles. The molecule has 50 heavy (non-hydrogen) atoms. The third kappa shape index (κ3) is 4.91. The van der Waals surface area contributed by atoms with Crippen molar-refractivity contribution < 1.29 is 24.3 Å². The minimum absolute atomic E-state index is 0.115. The van der Waals surface area contributed by atoms with Crippen LogP contribution in [0.4, 0.5) is 22.7 Å². The number of allylic oxidation sites excluding steroid dienone is 6. The first kappa shape index (κ1) is 31.3. The summed E-state index contributed by atoms with van der Waals surface area (Å²) in [6, 6.07) is 25.4. The Labute approximate surface area is 288 Å². The molecule has 1 aliphatic heterocycles. The number of fused-ring (bicyclic) bond motifs is 4. The van der Waals surface area contributed by atoms with Gasteiger partial charge in [-0.1, -0.05) is 42.0 Å². The number of carbonyl (C=O) groups excluding carboxylic acids is 4. The lowest BCUT2D eigenvalue weighted by atomic mass is 9.59. The third-order valence-electron chi connectivity index (χ3n) is 10.6. The van der Waals surface area contributed by atoms with Crippen LogP contribution in [-0.2, 0) is 19.2 Å². The van der Waals surface area contributed by atoms with Crippen LogP contribution in [0.15, 0.2) is 130 Å². The number of amides is 2. The molecule has 8 rings (SSSR count). The molecule has 0 spiro atoms. The largest absolute Gasteiger partial charge is 0.507 e. The number of benzene rings is 4. The van der Waals surface area contributed by atoms with Crippen molar-refractivity contribution in [2.24, 2.45) is 28.0 Å². The summed E-state index contributed by atoms with van der Waals surface area (Å²) in [5.74, 6) is -3.25. The molecule has 4 atom stereocenters. The van der Waals surface area contributed by atoms with Gasteiger partial charge in [0.25, 0.3) is 0 Å². The van der Waals surface area contributed by atoms with Gasteiger partial charge in [0.1, 0.15) is 5.75 Å². The monoisotopic (exact) mass is 662 g/mol. The van der Waals surface area contributed by atoms with Crippen molar-refractivity contribution in [3.8, 4) is 5.75 Å². The quantitative estimate of drug-likeness (QED) is 0.101. The Balaban J connectivity index is 1.14. The van der Waals surface area contributed by atoms with E-state index < -0.39 is 23.7 Å². The molecular weight excluding hydrogens is 628 g/mol. The lowest BCUT2D eigenvalue weighted by Crippen LogP contribution is -2.39. The van der Waals surface area contributed by atoms with Crippen molar-refractivity contribution in [2.45, 2.75) is 25.7 Å². The van der Waals surface area contributed by atoms with Crippen LogP contribution in [0.1, 0.15) is 31.2 Å². The molecule has 4 aromatic rings. The van der Waals surface area contributed by atoms with E-state index in [0.29, 0.717) is 45.6 Å². The van der Waals surface area contributed by atoms with Crippen LogP contribution in [0, 0.1) is 17.8 Å². The van der Waals surface area contributed by atoms with Gasteiger partial charge < -0.3 is 10.0 Å². The zero-order valence-electron chi connectivity index (χ0n) is 27.8. The summed E-state index contributed by atoms with van der Waals surface area (Å²) in [6.07, 6.45) is 3.95. The molecule has 248 valence electrons. The topological polar surface area (TPSA) is 120 Å². The molecule has 0 saturated carbocycles. The summed E-state index contributed by atoms with van der Waals surface area (Å²) in [5, 5.41) is 20.7. The molecule has 1 fully saturated rings. The zero-order chi connectivity index (χ0) is 34.8. The fraction of sp³-hybridized carbons (Fsp3) is 0.220. The van der Waals surface area contributed by atoms with Crippen molar-refractivity contribution in [2.75, 3.05) is 23.9 Å². The van der Waals surface area contributed by atoms with Crippen LogP contribution in [0.2, 0.25) is 0 Å². The van der Waals surface area contributed by atoms with Crippen LogP contribution < -0.4 is 9.80 Å². The Morgan fingerprint density at radius 2 is 1.44 bits per heavy atom. The smallest absolute Gasteiger partial charge is 0.238 e. The highest BCUT2D eigenvalue weighted by Gasteiger charge is 2.56. The van der Waals surface area contributed by atoms with Crippen molar-refractivity contribution >= 4 is 56.9 Å². The second-order valence-corrected chi connectivity index (χ2v) is 13.6. The van der Waals surface area contributed by atoms with Gasteiger partial charge in [0.2, 0.25) is 11.8 Å². The fourth-order valence-electron chi connectivity index (χ4n) is 8.15. The third-order valence-corrected chi connectivity index (χ3v) is 10.6. The molecule has 0 bridgehead atoms. The van der Waals surface area contributed by atoms with E-state index in [1.54, 1.807) is 43.3 Å². The average Bonchev–Trinajstić information content (AvgIpc) is 3.38. The molecule has 9 nitrogen and oxygen atoms in total. The van der Waals surface area contributed by atoms with Crippen LogP contribution in [0.25, 0.3) is 10.8 Å². The van der Waals surface area contributed by atoms with Gasteiger partial charge in [0, 0.05) is 47.8 Å². The standard InChI is InChI=1S/C41H34N4O5/c1-22-20-35(47)38-33(39(22)48)21-32-30(36(38)29-18-19-34(46)28-7-5-4-6-27(28)29)16-17-31-37(32)41(50)45(40(31)49)26-14-10-24(11-15-26)43-42-23-8-12-25(13-9-23)44(2)3/h4-16,18-20,31-32,36-37,46H,17,21H2,1-3H3. The van der Waals surface area contributed by atoms with E-state index in [-0.39, 0.29) is 35.6 Å². The Morgan fingerprint density at radius 3 is 2.12 bits per heavy atom. The molecule has 9 heteroatoms. The molecule has 1 heterocycles. The van der Waals surface area contributed by atoms with Gasteiger partial charge in [0.15, 0.2) is 11.6 Å². The summed E-state index contributed by atoms with van der Waals surface area (Å²) >= 11 is 0. The van der Waals surface area contributed by atoms with E-state index in [4.69, 9.17) is 0 Å². The number of phenolic OH excluding ortho intramolecular Hbond substituents is 1. The first-order valence-corrected chi connectivity index (χ1v) is 16.7. The number of ketones is 2. The summed E-state index contributed by atoms with van der Waals surface area (Å²) in [6.45, 7) is 1.64. The van der Waals surface area contributed by atoms with Crippen LogP contribution in [0.5, 0.6) is 5.75 Å². The van der Waals surface area contributed by atoms with Crippen molar-refractivity contribution in [3.05, 3.63) is 125 Å². The summed E-state index contributed by atoms with van der Waals surface area (Å²) in [4.78, 5) is 59.0. The molecule has 4 aromatic carbocycles. The molecule has 4 unspecified atom stereocenters. The fourth-order valence-corrected chi connectivity index (χ4v) is 8.15. The van der Waals surface area contributed by atoms with Crippen molar-refractivity contribution in [3.63, 3.8) is 0 Å². The first-order valence-electron chi connectivity index (χ1n) is 16.7. The number of carbonyl (C=O) groups is 4. The number of hydrogen-bond donors (Lipinski definition) is 1. The number of aromatic hydroxyl groups is 1. The van der Waals surface area contributed by atoms with E-state index in [0.717, 1.165) is 22.2 Å². The molecule has 2 amide bonds. The van der Waals surface area contributed by atoms with Gasteiger partial charge in [-0.25, -0.2) is 0 Å². The number of hydrogen-bond acceptors (Lipinski definition) is 8. The van der Waals surface area contributed by atoms with Crippen LogP contribution in [-0.4, -0.2) is 42.6 Å². The van der Waals surface area contributed by atoms with Gasteiger partial charge in [-0.15, -0.1) is 0 Å². The van der Waals surface area contributed by atoms with E-state index >= 15 is 0 Å². The number of rotatable bonds is 5. The minimum Gasteiger partial charge on any atom is -0.507 e. The lowest BCUT2D eigenvalue weighted by molar-refractivity contribution is -0.123. The second-order valence-electron chi connectivity index (χ2n) is 13.6. The normalized spacial score (nSPS) is 23.2. The van der Waals surface area contributed by atoms with Gasteiger partial charge in [-0.3, -0.25) is 24.1 Å². The van der Waals surface area contributed by atoms with E-state index in [1.807, 2.05) is 73.6 Å². The SMILES string of the molecule is CC1=CC(=O)C2=C(CC3C(=CCC4C(=O)N(c5ccc(N=Nc6ccc(N(C)C)cc6)cc5)C(=O)C43)C2c2ccc(O)c3ccccc23)C1=O. The number of azo groups is 1. The highest BCUT2D eigenvalue weighted by molar-refractivity contribution is 6.25. The van der Waals surface area contributed by atoms with E-state index in [2.05, 4.69) is 10.2 Å². The van der Waals surface area contributed by atoms with Gasteiger partial charge in [-0.05, 0) is 97.3 Å². The zero-order valence-corrected chi connectivity index (χ0v) is 27.8. The Hall–Kier alpha value is -5.96. The molecule has 0 aromatic heterocycles. The predicted molar refractivity (Wildman–Crippen MR) is 191 cm³/mol. The lowest BCUT2D eigenvalue weighted by Gasteiger charge is -2.42. The highest BCUT2D eigenvalue weighted by atomic mass is 16.3. The van der Waals surface area contributed by atoms with Crippen molar-refractivity contribution in [1.29, 1.82) is 0 Å². The highest BCUT2D eigenvalue weighted by Crippen LogP contribution is 2.56. The van der Waals surface area contributed by atoms with E-state index in [9.17, 15) is 24.3 Å².